The molecule has 1 amide bonds. The van der Waals surface area contributed by atoms with Gasteiger partial charge in [-0.3, -0.25) is 4.79 Å². The summed E-state index contributed by atoms with van der Waals surface area (Å²) in [4.78, 5) is 11.7. The predicted molar refractivity (Wildman–Crippen MR) is 77.5 cm³/mol. The Labute approximate surface area is 126 Å². The first-order valence-electron chi connectivity index (χ1n) is 6.60. The molecule has 1 rings (SSSR count). The zero-order chi connectivity index (χ0) is 16.0. The summed E-state index contributed by atoms with van der Waals surface area (Å²) in [5.41, 5.74) is -0.655. The van der Waals surface area contributed by atoms with E-state index in [2.05, 4.69) is 10.6 Å². The predicted octanol–water partition coefficient (Wildman–Crippen LogP) is 4.08. The fraction of sp³-hybridized carbons (Fsp3) is 0.500. The summed E-state index contributed by atoms with van der Waals surface area (Å²) in [6.45, 7) is 4.70. The van der Waals surface area contributed by atoms with Crippen molar-refractivity contribution in [2.24, 2.45) is 0 Å². The maximum absolute atomic E-state index is 12.5. The summed E-state index contributed by atoms with van der Waals surface area (Å²) in [5, 5.41) is 5.55. The van der Waals surface area contributed by atoms with Gasteiger partial charge in [-0.25, -0.2) is 0 Å². The maximum Gasteiger partial charge on any atom is 0.416 e. The van der Waals surface area contributed by atoms with Gasteiger partial charge in [0.2, 0.25) is 5.91 Å². The van der Waals surface area contributed by atoms with Crippen molar-refractivity contribution in [1.29, 1.82) is 0 Å². The summed E-state index contributed by atoms with van der Waals surface area (Å²) in [6, 6.07) is 3.20. The van der Waals surface area contributed by atoms with Gasteiger partial charge in [-0.2, -0.15) is 13.2 Å². The fourth-order valence-electron chi connectivity index (χ4n) is 1.65. The lowest BCUT2D eigenvalue weighted by Gasteiger charge is -2.11. The number of carbonyl (C=O) groups excluding carboxylic acids is 1. The molecule has 0 heterocycles. The van der Waals surface area contributed by atoms with E-state index in [-0.39, 0.29) is 23.0 Å². The average Bonchev–Trinajstić information content (AvgIpc) is 2.35. The van der Waals surface area contributed by atoms with Gasteiger partial charge < -0.3 is 10.6 Å². The summed E-state index contributed by atoms with van der Waals surface area (Å²) < 4.78 is 37.4. The molecular weight excluding hydrogens is 305 g/mol. The van der Waals surface area contributed by atoms with Crippen LogP contribution in [-0.4, -0.2) is 18.5 Å². The van der Waals surface area contributed by atoms with Gasteiger partial charge in [-0.05, 0) is 31.2 Å². The van der Waals surface area contributed by atoms with Crippen LogP contribution in [0, 0.1) is 0 Å². The van der Waals surface area contributed by atoms with Crippen LogP contribution in [0.25, 0.3) is 0 Å². The first kappa shape index (κ1) is 17.8. The minimum Gasteiger partial charge on any atom is -0.325 e. The summed E-state index contributed by atoms with van der Waals surface area (Å²) >= 11 is 5.76. The number of hydrogen-bond donors (Lipinski definition) is 2. The van der Waals surface area contributed by atoms with Crippen LogP contribution >= 0.6 is 11.6 Å². The van der Waals surface area contributed by atoms with E-state index in [0.717, 1.165) is 18.2 Å². The normalized spacial score (nSPS) is 11.8. The molecule has 3 nitrogen and oxygen atoms in total. The lowest BCUT2D eigenvalue weighted by molar-refractivity contribution is -0.137. The Bertz CT molecular complexity index is 490. The Morgan fingerprint density at radius 1 is 1.33 bits per heavy atom. The molecule has 7 heteroatoms. The van der Waals surface area contributed by atoms with Crippen molar-refractivity contribution in [3.05, 3.63) is 28.8 Å². The van der Waals surface area contributed by atoms with E-state index in [0.29, 0.717) is 19.0 Å². The van der Waals surface area contributed by atoms with E-state index in [1.165, 1.54) is 0 Å². The fourth-order valence-corrected chi connectivity index (χ4v) is 1.87. The van der Waals surface area contributed by atoms with Crippen LogP contribution in [0.4, 0.5) is 18.9 Å². The molecule has 0 aliphatic rings. The lowest BCUT2D eigenvalue weighted by atomic mass is 10.2. The van der Waals surface area contributed by atoms with Crippen molar-refractivity contribution in [1.82, 2.24) is 5.32 Å². The molecule has 21 heavy (non-hydrogen) atoms. The Morgan fingerprint density at radius 2 is 2.00 bits per heavy atom. The first-order chi connectivity index (χ1) is 9.70. The smallest absolute Gasteiger partial charge is 0.325 e. The monoisotopic (exact) mass is 322 g/mol. The van der Waals surface area contributed by atoms with E-state index in [1.807, 2.05) is 13.8 Å². The molecule has 0 radical (unpaired) electrons. The number of hydrogen-bond acceptors (Lipinski definition) is 2. The number of amides is 1. The van der Waals surface area contributed by atoms with E-state index in [4.69, 9.17) is 11.6 Å². The molecule has 118 valence electrons. The van der Waals surface area contributed by atoms with Crippen LogP contribution in [0.2, 0.25) is 5.02 Å². The number of anilines is 1. The standard InChI is InChI=1S/C14H18ClF3N2O/c1-9(2)19-7-3-4-13(21)20-12-6-5-10(8-11(12)15)14(16,17)18/h5-6,8-9,19H,3-4,7H2,1-2H3,(H,20,21). The Hall–Kier alpha value is -1.27. The third kappa shape index (κ3) is 6.35. The largest absolute Gasteiger partial charge is 0.416 e. The van der Waals surface area contributed by atoms with E-state index >= 15 is 0 Å². The second-order valence-electron chi connectivity index (χ2n) is 4.95. The summed E-state index contributed by atoms with van der Waals surface area (Å²) in [7, 11) is 0. The maximum atomic E-state index is 12.5. The zero-order valence-corrected chi connectivity index (χ0v) is 12.6. The Morgan fingerprint density at radius 3 is 2.52 bits per heavy atom. The van der Waals surface area contributed by atoms with Crippen LogP contribution < -0.4 is 10.6 Å². The third-order valence-electron chi connectivity index (χ3n) is 2.70. The third-order valence-corrected chi connectivity index (χ3v) is 3.02. The molecule has 1 aromatic rings. The van der Waals surface area contributed by atoms with Crippen molar-refractivity contribution in [3.63, 3.8) is 0 Å². The van der Waals surface area contributed by atoms with Crippen LogP contribution in [0.5, 0.6) is 0 Å². The molecule has 0 saturated carbocycles. The van der Waals surface area contributed by atoms with Crippen molar-refractivity contribution < 1.29 is 18.0 Å². The summed E-state index contributed by atoms with van der Waals surface area (Å²) in [6.07, 6.45) is -3.53. The molecule has 2 N–H and O–H groups in total. The van der Waals surface area contributed by atoms with E-state index in [1.54, 1.807) is 0 Å². The molecule has 0 aromatic heterocycles. The van der Waals surface area contributed by atoms with Crippen molar-refractivity contribution in [3.8, 4) is 0 Å². The van der Waals surface area contributed by atoms with Gasteiger partial charge in [-0.1, -0.05) is 25.4 Å². The van der Waals surface area contributed by atoms with Crippen molar-refractivity contribution in [2.75, 3.05) is 11.9 Å². The number of benzene rings is 1. The summed E-state index contributed by atoms with van der Waals surface area (Å²) in [5.74, 6) is -0.276. The average molecular weight is 323 g/mol. The topological polar surface area (TPSA) is 41.1 Å². The SMILES string of the molecule is CC(C)NCCCC(=O)Nc1ccc(C(F)(F)F)cc1Cl. The highest BCUT2D eigenvalue weighted by molar-refractivity contribution is 6.33. The molecule has 0 bridgehead atoms. The number of nitrogens with one attached hydrogen (secondary N) is 2. The molecule has 0 fully saturated rings. The quantitative estimate of drug-likeness (QED) is 0.775. The van der Waals surface area contributed by atoms with E-state index in [9.17, 15) is 18.0 Å². The van der Waals surface area contributed by atoms with Gasteiger partial charge in [0.05, 0.1) is 16.3 Å². The number of rotatable bonds is 6. The molecular formula is C14H18ClF3N2O. The van der Waals surface area contributed by atoms with Gasteiger partial charge in [0.25, 0.3) is 0 Å². The minimum atomic E-state index is -4.45. The first-order valence-corrected chi connectivity index (χ1v) is 6.98. The molecule has 0 unspecified atom stereocenters. The number of carbonyl (C=O) groups is 1. The molecule has 1 aromatic carbocycles. The van der Waals surface area contributed by atoms with Gasteiger partial charge in [0.15, 0.2) is 0 Å². The molecule has 0 spiro atoms. The number of alkyl halides is 3. The molecule has 0 aliphatic heterocycles. The zero-order valence-electron chi connectivity index (χ0n) is 11.9. The molecule has 0 saturated heterocycles. The molecule has 0 aliphatic carbocycles. The van der Waals surface area contributed by atoms with Gasteiger partial charge >= 0.3 is 6.18 Å². The number of halogens is 4. The van der Waals surface area contributed by atoms with Crippen LogP contribution in [0.3, 0.4) is 0 Å². The van der Waals surface area contributed by atoms with Crippen molar-refractivity contribution in [2.45, 2.75) is 38.9 Å². The Balaban J connectivity index is 2.53. The van der Waals surface area contributed by atoms with Crippen LogP contribution in [-0.2, 0) is 11.0 Å². The highest BCUT2D eigenvalue weighted by Crippen LogP contribution is 2.33. The highest BCUT2D eigenvalue weighted by atomic mass is 35.5. The Kier molecular flexibility index (Phi) is 6.48. The van der Waals surface area contributed by atoms with Crippen LogP contribution in [0.15, 0.2) is 18.2 Å². The van der Waals surface area contributed by atoms with E-state index < -0.39 is 11.7 Å². The highest BCUT2D eigenvalue weighted by Gasteiger charge is 2.30. The molecule has 0 atom stereocenters. The second kappa shape index (κ2) is 7.66. The van der Waals surface area contributed by atoms with Gasteiger partial charge in [-0.15, -0.1) is 0 Å². The van der Waals surface area contributed by atoms with Crippen LogP contribution in [0.1, 0.15) is 32.3 Å². The van der Waals surface area contributed by atoms with Gasteiger partial charge in [0, 0.05) is 12.5 Å². The minimum absolute atomic E-state index is 0.126. The lowest BCUT2D eigenvalue weighted by Crippen LogP contribution is -2.24. The van der Waals surface area contributed by atoms with Crippen molar-refractivity contribution >= 4 is 23.2 Å². The second-order valence-corrected chi connectivity index (χ2v) is 5.36. The van der Waals surface area contributed by atoms with Gasteiger partial charge in [0.1, 0.15) is 0 Å².